The number of primary sulfonamides is 1. The second kappa shape index (κ2) is 9.79. The first-order valence-electron chi connectivity index (χ1n) is 8.89. The van der Waals surface area contributed by atoms with Gasteiger partial charge in [0.1, 0.15) is 4.90 Å². The minimum absolute atomic E-state index is 0.0374. The summed E-state index contributed by atoms with van der Waals surface area (Å²) in [6.07, 6.45) is 1.52. The number of fused-ring (bicyclic) bond motifs is 1. The number of para-hydroxylation sites is 1. The second-order valence-corrected chi connectivity index (χ2v) is 9.02. The van der Waals surface area contributed by atoms with Crippen LogP contribution in [0.5, 0.6) is 11.5 Å². The van der Waals surface area contributed by atoms with E-state index in [1.54, 1.807) is 0 Å². The lowest BCUT2D eigenvalue weighted by Gasteiger charge is -2.22. The molecule has 2 aromatic rings. The van der Waals surface area contributed by atoms with Crippen LogP contribution >= 0.6 is 11.8 Å². The average molecular weight is 492 g/mol. The number of carbonyl (C=O) groups excluding carboxylic acids is 1. The summed E-state index contributed by atoms with van der Waals surface area (Å²) in [5.41, 5.74) is 0.699. The Kier molecular flexibility index (Phi) is 7.31. The van der Waals surface area contributed by atoms with Crippen LogP contribution in [0.15, 0.2) is 52.3 Å². The van der Waals surface area contributed by atoms with Crippen molar-refractivity contribution in [3.05, 3.63) is 48.0 Å². The van der Waals surface area contributed by atoms with Crippen molar-refractivity contribution in [1.82, 2.24) is 0 Å². The Morgan fingerprint density at radius 3 is 2.34 bits per heavy atom. The fourth-order valence-electron chi connectivity index (χ4n) is 2.99. The molecule has 0 aliphatic carbocycles. The van der Waals surface area contributed by atoms with E-state index in [9.17, 15) is 30.8 Å². The maximum Gasteiger partial charge on any atom is 0.387 e. The zero-order chi connectivity index (χ0) is 23.5. The number of rotatable bonds is 7. The van der Waals surface area contributed by atoms with Crippen LogP contribution in [0.2, 0.25) is 0 Å². The first-order valence-corrected chi connectivity index (χ1v) is 11.4. The quantitative estimate of drug-likeness (QED) is 0.446. The van der Waals surface area contributed by atoms with Gasteiger partial charge in [-0.15, -0.1) is 11.8 Å². The zero-order valence-corrected chi connectivity index (χ0v) is 17.7. The van der Waals surface area contributed by atoms with E-state index in [0.29, 0.717) is 28.2 Å². The van der Waals surface area contributed by atoms with Crippen LogP contribution in [0.25, 0.3) is 5.57 Å². The molecule has 0 saturated heterocycles. The number of alkyl halides is 4. The van der Waals surface area contributed by atoms with E-state index in [4.69, 9.17) is 5.14 Å². The van der Waals surface area contributed by atoms with Gasteiger partial charge < -0.3 is 14.8 Å². The molecular formula is C19H16F4N2O5S2. The number of carbonyl (C=O) groups is 1. The highest BCUT2D eigenvalue weighted by molar-refractivity contribution is 7.99. The minimum Gasteiger partial charge on any atom is -0.431 e. The van der Waals surface area contributed by atoms with Gasteiger partial charge in [-0.1, -0.05) is 12.1 Å². The number of halogens is 4. The van der Waals surface area contributed by atoms with Crippen molar-refractivity contribution in [2.75, 3.05) is 11.1 Å². The van der Waals surface area contributed by atoms with Crippen molar-refractivity contribution in [2.24, 2.45) is 5.14 Å². The molecule has 0 fully saturated rings. The molecule has 7 nitrogen and oxygen atoms in total. The van der Waals surface area contributed by atoms with Gasteiger partial charge in [-0.3, -0.25) is 4.79 Å². The van der Waals surface area contributed by atoms with E-state index in [1.807, 2.05) is 0 Å². The topological polar surface area (TPSA) is 108 Å². The summed E-state index contributed by atoms with van der Waals surface area (Å²) in [6.45, 7) is -6.53. The summed E-state index contributed by atoms with van der Waals surface area (Å²) in [7, 11) is -4.09. The highest BCUT2D eigenvalue weighted by atomic mass is 32.2. The molecule has 0 radical (unpaired) electrons. The first kappa shape index (κ1) is 23.9. The van der Waals surface area contributed by atoms with Gasteiger partial charge in [-0.2, -0.15) is 17.6 Å². The molecule has 0 saturated carbocycles. The van der Waals surface area contributed by atoms with E-state index in [2.05, 4.69) is 14.8 Å². The summed E-state index contributed by atoms with van der Waals surface area (Å²) in [4.78, 5) is 12.7. The molecule has 32 heavy (non-hydrogen) atoms. The number of amides is 1. The number of nitrogens with one attached hydrogen (secondary N) is 1. The summed E-state index contributed by atoms with van der Waals surface area (Å²) in [5, 5.41) is 7.57. The van der Waals surface area contributed by atoms with Gasteiger partial charge in [-0.25, -0.2) is 13.6 Å². The molecule has 172 valence electrons. The monoisotopic (exact) mass is 492 g/mol. The molecule has 0 bridgehead atoms. The van der Waals surface area contributed by atoms with Crippen LogP contribution in [0.1, 0.15) is 12.0 Å². The van der Waals surface area contributed by atoms with Crippen molar-refractivity contribution in [1.29, 1.82) is 0 Å². The van der Waals surface area contributed by atoms with Gasteiger partial charge in [0.15, 0.2) is 11.5 Å². The molecule has 3 rings (SSSR count). The van der Waals surface area contributed by atoms with Crippen LogP contribution in [-0.4, -0.2) is 33.3 Å². The molecule has 1 aliphatic heterocycles. The largest absolute Gasteiger partial charge is 0.431 e. The lowest BCUT2D eigenvalue weighted by Crippen LogP contribution is -2.17. The third-order valence-corrected chi connectivity index (χ3v) is 6.24. The van der Waals surface area contributed by atoms with E-state index in [-0.39, 0.29) is 10.6 Å². The third-order valence-electron chi connectivity index (χ3n) is 4.21. The van der Waals surface area contributed by atoms with Gasteiger partial charge >= 0.3 is 13.2 Å². The summed E-state index contributed by atoms with van der Waals surface area (Å²) >= 11 is 1.26. The van der Waals surface area contributed by atoms with E-state index >= 15 is 0 Å². The molecule has 1 heterocycles. The average Bonchev–Trinajstić information content (AvgIpc) is 2.67. The van der Waals surface area contributed by atoms with Crippen molar-refractivity contribution in [3.63, 3.8) is 0 Å². The van der Waals surface area contributed by atoms with Gasteiger partial charge in [0.2, 0.25) is 15.9 Å². The number of nitrogens with two attached hydrogens (primary N) is 1. The van der Waals surface area contributed by atoms with Gasteiger partial charge in [0.25, 0.3) is 0 Å². The Balaban J connectivity index is 1.95. The van der Waals surface area contributed by atoms with Crippen LogP contribution < -0.4 is 19.9 Å². The van der Waals surface area contributed by atoms with Crippen LogP contribution in [0, 0.1) is 0 Å². The van der Waals surface area contributed by atoms with Crippen molar-refractivity contribution in [3.8, 4) is 11.5 Å². The maximum atomic E-state index is 12.7. The molecule has 2 aromatic carbocycles. The molecule has 0 aromatic heterocycles. The number of ether oxygens (including phenoxy) is 2. The lowest BCUT2D eigenvalue weighted by atomic mass is 10.0. The Hall–Kier alpha value is -2.77. The van der Waals surface area contributed by atoms with Gasteiger partial charge in [0.05, 0.1) is 5.69 Å². The Bertz CT molecular complexity index is 1160. The predicted molar refractivity (Wildman–Crippen MR) is 109 cm³/mol. The van der Waals surface area contributed by atoms with Crippen LogP contribution in [0.3, 0.4) is 0 Å². The number of sulfonamides is 1. The highest BCUT2D eigenvalue weighted by Crippen LogP contribution is 2.44. The second-order valence-electron chi connectivity index (χ2n) is 6.35. The number of allylic oxidation sites excluding steroid dienone is 1. The Morgan fingerprint density at radius 1 is 1.09 bits per heavy atom. The number of thioether (sulfide) groups is 1. The van der Waals surface area contributed by atoms with Crippen molar-refractivity contribution in [2.45, 2.75) is 29.4 Å². The summed E-state index contributed by atoms with van der Waals surface area (Å²) in [5.74, 6) is -1.38. The van der Waals surface area contributed by atoms with Crippen molar-refractivity contribution >= 4 is 39.0 Å². The van der Waals surface area contributed by atoms with Gasteiger partial charge in [0, 0.05) is 16.7 Å². The molecule has 1 amide bonds. The van der Waals surface area contributed by atoms with Gasteiger partial charge in [-0.05, 0) is 41.8 Å². The predicted octanol–water partition coefficient (Wildman–Crippen LogP) is 4.05. The standard InChI is InChI=1S/C19H16F4N2O5S2/c20-18(21)29-13-8-11-10(5-6-31-15(11)9-14(13)30-19(22)23)7-17(26)25-12-3-1-2-4-16(12)32(24,27)28/h1-4,7-9,18-19H,5-6H2,(H,25,26)(H2,24,27,28)/b10-7+. The first-order chi connectivity index (χ1) is 15.0. The Morgan fingerprint density at radius 2 is 1.72 bits per heavy atom. The molecule has 0 unspecified atom stereocenters. The fraction of sp³-hybridized carbons (Fsp3) is 0.211. The summed E-state index contributed by atoms with van der Waals surface area (Å²) in [6, 6.07) is 7.76. The maximum absolute atomic E-state index is 12.7. The molecular weight excluding hydrogens is 476 g/mol. The SMILES string of the molecule is NS(=O)(=O)c1ccccc1NC(=O)/C=C1\CCSc2cc(OC(F)F)c(OC(F)F)cc21. The van der Waals surface area contributed by atoms with E-state index in [0.717, 1.165) is 18.2 Å². The van der Waals surface area contributed by atoms with E-state index < -0.39 is 40.7 Å². The number of benzene rings is 2. The van der Waals surface area contributed by atoms with E-state index in [1.165, 1.54) is 36.0 Å². The normalized spacial score (nSPS) is 15.0. The smallest absolute Gasteiger partial charge is 0.387 e. The zero-order valence-electron chi connectivity index (χ0n) is 16.1. The lowest BCUT2D eigenvalue weighted by molar-refractivity contribution is -0.111. The number of anilines is 1. The molecule has 0 atom stereocenters. The highest BCUT2D eigenvalue weighted by Gasteiger charge is 2.23. The van der Waals surface area contributed by atoms with Crippen molar-refractivity contribution < 1.29 is 40.2 Å². The van der Waals surface area contributed by atoms with Crippen LogP contribution in [-0.2, 0) is 14.8 Å². The number of hydrogen-bond acceptors (Lipinski definition) is 6. The summed E-state index contributed by atoms with van der Waals surface area (Å²) < 4.78 is 82.8. The molecule has 3 N–H and O–H groups in total. The molecule has 1 aliphatic rings. The molecule has 0 spiro atoms. The van der Waals surface area contributed by atoms with Crippen LogP contribution in [0.4, 0.5) is 23.2 Å². The minimum atomic E-state index is -4.09. The third kappa shape index (κ3) is 5.93. The fourth-order valence-corrected chi connectivity index (χ4v) is 4.76. The Labute approximate surface area is 184 Å². The number of hydrogen-bond donors (Lipinski definition) is 2. The molecule has 13 heteroatoms.